The molecule has 0 saturated heterocycles. The molecule has 0 radical (unpaired) electrons. The molecule has 0 bridgehead atoms. The van der Waals surface area contributed by atoms with Crippen LogP contribution >= 0.6 is 11.5 Å². The summed E-state index contributed by atoms with van der Waals surface area (Å²) in [5.41, 5.74) is 6.30. The standard InChI is InChI=1S/C14H24N6S/c1-4-7-12-14(21-19-17-12)13(16-15)9-11-8-10(5-2)18-20(11)6-3/h8,13,16H,4-7,9,15H2,1-3H3. The van der Waals surface area contributed by atoms with Crippen LogP contribution in [0.3, 0.4) is 0 Å². The van der Waals surface area contributed by atoms with Crippen molar-refractivity contribution in [3.05, 3.63) is 28.0 Å². The molecule has 116 valence electrons. The first-order valence-corrected chi connectivity index (χ1v) is 8.33. The van der Waals surface area contributed by atoms with Gasteiger partial charge in [0.1, 0.15) is 0 Å². The number of nitrogens with zero attached hydrogens (tertiary/aromatic N) is 4. The fourth-order valence-electron chi connectivity index (χ4n) is 2.45. The Kier molecular flexibility index (Phi) is 5.84. The van der Waals surface area contributed by atoms with Gasteiger partial charge in [0.15, 0.2) is 0 Å². The average molecular weight is 308 g/mol. The number of nitrogens with two attached hydrogens (primary N) is 1. The number of nitrogens with one attached hydrogen (secondary N) is 1. The quantitative estimate of drug-likeness (QED) is 0.576. The lowest BCUT2D eigenvalue weighted by molar-refractivity contribution is 0.518. The minimum Gasteiger partial charge on any atom is -0.271 e. The molecule has 0 spiro atoms. The molecular weight excluding hydrogens is 284 g/mol. The van der Waals surface area contributed by atoms with Crippen molar-refractivity contribution >= 4 is 11.5 Å². The molecular formula is C14H24N6S. The second-order valence-corrected chi connectivity index (χ2v) is 5.84. The van der Waals surface area contributed by atoms with Crippen LogP contribution in [0.5, 0.6) is 0 Å². The number of hydrogen-bond acceptors (Lipinski definition) is 6. The first-order valence-electron chi connectivity index (χ1n) is 7.56. The highest BCUT2D eigenvalue weighted by Crippen LogP contribution is 2.25. The summed E-state index contributed by atoms with van der Waals surface area (Å²) in [6.07, 6.45) is 3.75. The van der Waals surface area contributed by atoms with E-state index in [-0.39, 0.29) is 6.04 Å². The number of aryl methyl sites for hydroxylation is 3. The largest absolute Gasteiger partial charge is 0.271 e. The molecule has 0 saturated carbocycles. The van der Waals surface area contributed by atoms with Gasteiger partial charge in [-0.25, -0.2) is 0 Å². The Morgan fingerprint density at radius 2 is 2.19 bits per heavy atom. The maximum atomic E-state index is 5.78. The maximum Gasteiger partial charge on any atom is 0.0804 e. The van der Waals surface area contributed by atoms with Crippen LogP contribution in [-0.4, -0.2) is 19.4 Å². The minimum atomic E-state index is 0.0401. The van der Waals surface area contributed by atoms with Crippen LogP contribution in [0.1, 0.15) is 55.2 Å². The lowest BCUT2D eigenvalue weighted by Gasteiger charge is -2.15. The lowest BCUT2D eigenvalue weighted by Crippen LogP contribution is -2.30. The van der Waals surface area contributed by atoms with Gasteiger partial charge in [-0.15, -0.1) is 5.10 Å². The van der Waals surface area contributed by atoms with Crippen LogP contribution in [0.25, 0.3) is 0 Å². The fraction of sp³-hybridized carbons (Fsp3) is 0.643. The molecule has 7 heteroatoms. The average Bonchev–Trinajstić information content (AvgIpc) is 3.11. The number of hydrogen-bond donors (Lipinski definition) is 2. The SMILES string of the molecule is CCCc1nnsc1C(Cc1cc(CC)nn1CC)NN. The molecule has 1 unspecified atom stereocenters. The highest BCUT2D eigenvalue weighted by molar-refractivity contribution is 7.05. The van der Waals surface area contributed by atoms with E-state index in [2.05, 4.69) is 51.6 Å². The van der Waals surface area contributed by atoms with Crippen molar-refractivity contribution in [1.29, 1.82) is 0 Å². The van der Waals surface area contributed by atoms with Gasteiger partial charge in [-0.3, -0.25) is 16.0 Å². The monoisotopic (exact) mass is 308 g/mol. The van der Waals surface area contributed by atoms with Crippen LogP contribution in [0.15, 0.2) is 6.07 Å². The molecule has 0 fully saturated rings. The van der Waals surface area contributed by atoms with Crippen LogP contribution in [0.2, 0.25) is 0 Å². The van der Waals surface area contributed by atoms with E-state index in [1.54, 1.807) is 0 Å². The second kappa shape index (κ2) is 7.63. The summed E-state index contributed by atoms with van der Waals surface area (Å²) < 4.78 is 6.14. The van der Waals surface area contributed by atoms with E-state index in [1.165, 1.54) is 17.2 Å². The van der Waals surface area contributed by atoms with Gasteiger partial charge in [-0.05, 0) is 37.4 Å². The smallest absolute Gasteiger partial charge is 0.0804 e. The lowest BCUT2D eigenvalue weighted by atomic mass is 10.1. The minimum absolute atomic E-state index is 0.0401. The van der Waals surface area contributed by atoms with E-state index in [4.69, 9.17) is 5.84 Å². The van der Waals surface area contributed by atoms with Crippen molar-refractivity contribution < 1.29 is 0 Å². The Balaban J connectivity index is 2.22. The summed E-state index contributed by atoms with van der Waals surface area (Å²) in [4.78, 5) is 1.14. The summed E-state index contributed by atoms with van der Waals surface area (Å²) in [6.45, 7) is 7.25. The van der Waals surface area contributed by atoms with Gasteiger partial charge in [0.05, 0.1) is 22.3 Å². The predicted molar refractivity (Wildman–Crippen MR) is 85.0 cm³/mol. The molecule has 2 aromatic rings. The van der Waals surface area contributed by atoms with Crippen molar-refractivity contribution in [1.82, 2.24) is 24.8 Å². The Labute approximate surface area is 129 Å². The third kappa shape index (κ3) is 3.66. The highest BCUT2D eigenvalue weighted by Gasteiger charge is 2.20. The summed E-state index contributed by atoms with van der Waals surface area (Å²) in [5, 5.41) is 8.83. The molecule has 2 aromatic heterocycles. The molecule has 3 N–H and O–H groups in total. The molecule has 2 heterocycles. The molecule has 21 heavy (non-hydrogen) atoms. The number of aromatic nitrogens is 4. The second-order valence-electron chi connectivity index (χ2n) is 5.05. The highest BCUT2D eigenvalue weighted by atomic mass is 32.1. The van der Waals surface area contributed by atoms with E-state index >= 15 is 0 Å². The molecule has 2 rings (SSSR count). The van der Waals surface area contributed by atoms with Gasteiger partial charge in [0.2, 0.25) is 0 Å². The Morgan fingerprint density at radius 3 is 2.81 bits per heavy atom. The van der Waals surface area contributed by atoms with Crippen LogP contribution in [0, 0.1) is 0 Å². The zero-order valence-electron chi connectivity index (χ0n) is 13.0. The summed E-state index contributed by atoms with van der Waals surface area (Å²) in [5.74, 6) is 5.78. The van der Waals surface area contributed by atoms with Crippen LogP contribution in [0.4, 0.5) is 0 Å². The predicted octanol–water partition coefficient (Wildman–Crippen LogP) is 2.02. The Bertz CT molecular complexity index is 562. The summed E-state index contributed by atoms with van der Waals surface area (Å²) >= 11 is 1.43. The van der Waals surface area contributed by atoms with Gasteiger partial charge in [-0.1, -0.05) is 24.8 Å². The van der Waals surface area contributed by atoms with Crippen molar-refractivity contribution in [3.63, 3.8) is 0 Å². The van der Waals surface area contributed by atoms with Gasteiger partial charge in [-0.2, -0.15) is 5.10 Å². The summed E-state index contributed by atoms with van der Waals surface area (Å²) in [6, 6.07) is 2.21. The Morgan fingerprint density at radius 1 is 1.38 bits per heavy atom. The first kappa shape index (κ1) is 16.1. The third-order valence-corrected chi connectivity index (χ3v) is 4.46. The van der Waals surface area contributed by atoms with E-state index in [1.807, 2.05) is 0 Å². The molecule has 1 atom stereocenters. The Hall–Kier alpha value is -1.31. The first-order chi connectivity index (χ1) is 10.2. The molecule has 0 aromatic carbocycles. The van der Waals surface area contributed by atoms with E-state index in [0.717, 1.165) is 48.5 Å². The number of hydrazine groups is 1. The van der Waals surface area contributed by atoms with Gasteiger partial charge in [0, 0.05) is 18.7 Å². The molecule has 0 amide bonds. The topological polar surface area (TPSA) is 81.7 Å². The van der Waals surface area contributed by atoms with Crippen molar-refractivity contribution in [2.45, 2.75) is 59.0 Å². The van der Waals surface area contributed by atoms with E-state index in [9.17, 15) is 0 Å². The molecule has 0 aliphatic carbocycles. The maximum absolute atomic E-state index is 5.78. The van der Waals surface area contributed by atoms with Gasteiger partial charge < -0.3 is 0 Å². The third-order valence-electron chi connectivity index (χ3n) is 3.58. The molecule has 0 aliphatic rings. The van der Waals surface area contributed by atoms with Gasteiger partial charge >= 0.3 is 0 Å². The fourth-order valence-corrected chi connectivity index (χ4v) is 3.21. The van der Waals surface area contributed by atoms with E-state index < -0.39 is 0 Å². The molecule has 6 nitrogen and oxygen atoms in total. The van der Waals surface area contributed by atoms with Crippen molar-refractivity contribution in [2.75, 3.05) is 0 Å². The van der Waals surface area contributed by atoms with Crippen molar-refractivity contribution in [3.8, 4) is 0 Å². The zero-order valence-corrected chi connectivity index (χ0v) is 13.8. The zero-order chi connectivity index (χ0) is 15.2. The number of rotatable bonds is 8. The van der Waals surface area contributed by atoms with Gasteiger partial charge in [0.25, 0.3) is 0 Å². The summed E-state index contributed by atoms with van der Waals surface area (Å²) in [7, 11) is 0. The normalized spacial score (nSPS) is 12.8. The van der Waals surface area contributed by atoms with Crippen LogP contribution < -0.4 is 11.3 Å². The van der Waals surface area contributed by atoms with Crippen molar-refractivity contribution in [2.24, 2.45) is 5.84 Å². The van der Waals surface area contributed by atoms with Crippen LogP contribution in [-0.2, 0) is 25.8 Å². The molecule has 0 aliphatic heterocycles. The van der Waals surface area contributed by atoms with E-state index in [0.29, 0.717) is 0 Å².